The number of aryl methyl sites for hydroxylation is 1. The molecule has 0 fully saturated rings. The fraction of sp³-hybridized carbons (Fsp3) is 0.0370. The van der Waals surface area contributed by atoms with Crippen LogP contribution in [-0.4, -0.2) is 4.57 Å². The van der Waals surface area contributed by atoms with E-state index in [-0.39, 0.29) is 0 Å². The second-order valence-electron chi connectivity index (χ2n) is 14.8. The van der Waals surface area contributed by atoms with Gasteiger partial charge < -0.3 is 9.47 Å². The topological polar surface area (TPSA) is 8.17 Å². The summed E-state index contributed by atoms with van der Waals surface area (Å²) in [6.45, 7) is 0. The first-order valence-corrected chi connectivity index (χ1v) is 19.6. The van der Waals surface area contributed by atoms with Crippen LogP contribution in [0.1, 0.15) is 17.5 Å². The van der Waals surface area contributed by atoms with Crippen molar-refractivity contribution in [1.82, 2.24) is 4.57 Å². The fourth-order valence-corrected chi connectivity index (χ4v) is 9.05. The van der Waals surface area contributed by atoms with Crippen LogP contribution in [0.15, 0.2) is 200 Å². The summed E-state index contributed by atoms with van der Waals surface area (Å²) in [6.07, 6.45) is 6.74. The van der Waals surface area contributed by atoms with Crippen molar-refractivity contribution in [2.24, 2.45) is 0 Å². The molecule has 0 bridgehead atoms. The summed E-state index contributed by atoms with van der Waals surface area (Å²) in [5.41, 5.74) is 14.6. The van der Waals surface area contributed by atoms with Gasteiger partial charge in [-0.25, -0.2) is 0 Å². The Morgan fingerprint density at radius 2 is 1.14 bits per heavy atom. The van der Waals surface area contributed by atoms with Crippen LogP contribution in [0.2, 0.25) is 0 Å². The quantitative estimate of drug-likeness (QED) is 0.166. The van der Waals surface area contributed by atoms with Crippen LogP contribution in [0.4, 0.5) is 17.1 Å². The third-order valence-corrected chi connectivity index (χ3v) is 11.6. The third-order valence-electron chi connectivity index (χ3n) is 11.6. The zero-order valence-corrected chi connectivity index (χ0v) is 30.9. The summed E-state index contributed by atoms with van der Waals surface area (Å²) in [4.78, 5) is 2.42. The van der Waals surface area contributed by atoms with Gasteiger partial charge in [-0.3, -0.25) is 0 Å². The van der Waals surface area contributed by atoms with Crippen LogP contribution < -0.4 is 4.90 Å². The zero-order valence-electron chi connectivity index (χ0n) is 30.9. The molecule has 1 aliphatic carbocycles. The minimum atomic E-state index is 1.08. The van der Waals surface area contributed by atoms with Crippen LogP contribution in [0, 0.1) is 0 Å². The molecule has 0 spiro atoms. The number of fused-ring (bicyclic) bond motifs is 7. The highest BCUT2D eigenvalue weighted by Gasteiger charge is 2.19. The highest BCUT2D eigenvalue weighted by Crippen LogP contribution is 2.43. The van der Waals surface area contributed by atoms with E-state index in [1.165, 1.54) is 76.7 Å². The summed E-state index contributed by atoms with van der Waals surface area (Å²) >= 11 is 0. The molecule has 9 aromatic carbocycles. The van der Waals surface area contributed by atoms with E-state index in [0.29, 0.717) is 0 Å². The molecule has 2 heteroatoms. The lowest BCUT2D eigenvalue weighted by Crippen LogP contribution is -2.10. The van der Waals surface area contributed by atoms with Crippen LogP contribution in [-0.2, 0) is 6.42 Å². The van der Waals surface area contributed by atoms with Gasteiger partial charge in [-0.15, -0.1) is 0 Å². The first-order valence-electron chi connectivity index (χ1n) is 19.6. The summed E-state index contributed by atoms with van der Waals surface area (Å²) in [6, 6.07) is 71.2. The van der Waals surface area contributed by atoms with Crippen molar-refractivity contribution >= 4 is 66.5 Å². The van der Waals surface area contributed by atoms with E-state index >= 15 is 0 Å². The van der Waals surface area contributed by atoms with E-state index in [4.69, 9.17) is 0 Å². The number of hydrogen-bond donors (Lipinski definition) is 0. The molecular formula is C54H38N2. The fourth-order valence-electron chi connectivity index (χ4n) is 9.05. The number of allylic oxidation sites excluding steroid dienone is 1. The van der Waals surface area contributed by atoms with Crippen molar-refractivity contribution in [3.63, 3.8) is 0 Å². The van der Waals surface area contributed by atoms with E-state index in [9.17, 15) is 0 Å². The number of rotatable bonds is 6. The molecule has 0 unspecified atom stereocenters. The minimum absolute atomic E-state index is 1.08. The number of nitrogens with zero attached hydrogens (tertiary/aromatic N) is 2. The lowest BCUT2D eigenvalue weighted by molar-refractivity contribution is 0.997. The number of hydrogen-bond acceptors (Lipinski definition) is 1. The summed E-state index contributed by atoms with van der Waals surface area (Å²) in [5, 5.41) is 7.65. The molecule has 1 aliphatic rings. The Bertz CT molecular complexity index is 3130. The van der Waals surface area contributed by atoms with E-state index in [2.05, 4.69) is 216 Å². The monoisotopic (exact) mass is 714 g/mol. The maximum Gasteiger partial charge on any atom is 0.0547 e. The maximum atomic E-state index is 2.42. The molecule has 0 N–H and O–H groups in total. The van der Waals surface area contributed by atoms with Gasteiger partial charge in [0.25, 0.3) is 0 Å². The zero-order chi connectivity index (χ0) is 37.0. The molecule has 264 valence electrons. The standard InChI is InChI=1S/C54H38N2/c1-2-17-42(18-3-1)56-52-25-9-8-22-51(52)54-50(24-12-26-53(54)56)40-16-10-19-44(35-40)55(45-33-34-49-41(36-45)28-27-38-14-5-7-21-47(38)49)43-31-29-39(30-32-43)48-23-11-15-37-13-4-6-20-46(37)48/h1-6,8-20,22-36H,7,21H2. The van der Waals surface area contributed by atoms with Gasteiger partial charge >= 0.3 is 0 Å². The molecule has 1 heterocycles. The van der Waals surface area contributed by atoms with E-state index in [1.807, 2.05) is 0 Å². The lowest BCUT2D eigenvalue weighted by atomic mass is 9.91. The first kappa shape index (κ1) is 32.3. The van der Waals surface area contributed by atoms with Gasteiger partial charge in [0.15, 0.2) is 0 Å². The van der Waals surface area contributed by atoms with Crippen molar-refractivity contribution in [3.8, 4) is 27.9 Å². The second kappa shape index (κ2) is 13.3. The molecule has 0 saturated heterocycles. The largest absolute Gasteiger partial charge is 0.310 e. The van der Waals surface area contributed by atoms with Crippen LogP contribution >= 0.6 is 0 Å². The van der Waals surface area contributed by atoms with Crippen molar-refractivity contribution in [1.29, 1.82) is 0 Å². The lowest BCUT2D eigenvalue weighted by Gasteiger charge is -2.27. The van der Waals surface area contributed by atoms with Crippen molar-refractivity contribution in [2.45, 2.75) is 12.8 Å². The average Bonchev–Trinajstić information content (AvgIpc) is 3.61. The van der Waals surface area contributed by atoms with Gasteiger partial charge in [0.05, 0.1) is 11.0 Å². The average molecular weight is 715 g/mol. The van der Waals surface area contributed by atoms with Gasteiger partial charge in [-0.05, 0) is 128 Å². The number of aromatic nitrogens is 1. The van der Waals surface area contributed by atoms with Crippen molar-refractivity contribution < 1.29 is 0 Å². The predicted octanol–water partition coefficient (Wildman–Crippen LogP) is 14.9. The molecule has 1 aromatic heterocycles. The maximum absolute atomic E-state index is 2.42. The molecule has 0 amide bonds. The Hall–Kier alpha value is -7.16. The van der Waals surface area contributed by atoms with Gasteiger partial charge in [0, 0.05) is 33.5 Å². The smallest absolute Gasteiger partial charge is 0.0547 e. The SMILES string of the molecule is C1=Cc2ccc3cc(N(c4ccc(-c5cccc6ccccc56)cc4)c4cccc(-c5cccc6c5c5ccccc5n6-c5ccccc5)c4)ccc3c2CC1. The van der Waals surface area contributed by atoms with E-state index in [0.717, 1.165) is 35.6 Å². The Labute approximate surface area is 326 Å². The van der Waals surface area contributed by atoms with Crippen LogP contribution in [0.5, 0.6) is 0 Å². The number of para-hydroxylation sites is 2. The Morgan fingerprint density at radius 1 is 0.429 bits per heavy atom. The normalized spacial score (nSPS) is 12.4. The molecule has 56 heavy (non-hydrogen) atoms. The molecule has 0 aliphatic heterocycles. The van der Waals surface area contributed by atoms with Crippen LogP contribution in [0.3, 0.4) is 0 Å². The second-order valence-corrected chi connectivity index (χ2v) is 14.8. The minimum Gasteiger partial charge on any atom is -0.310 e. The highest BCUT2D eigenvalue weighted by atomic mass is 15.1. The Balaban J connectivity index is 1.08. The Kier molecular flexibility index (Phi) is 7.67. The Morgan fingerprint density at radius 3 is 2.05 bits per heavy atom. The summed E-state index contributed by atoms with van der Waals surface area (Å²) < 4.78 is 2.39. The van der Waals surface area contributed by atoms with Gasteiger partial charge in [0.2, 0.25) is 0 Å². The number of benzene rings is 9. The van der Waals surface area contributed by atoms with Gasteiger partial charge in [-0.2, -0.15) is 0 Å². The van der Waals surface area contributed by atoms with Crippen LogP contribution in [0.25, 0.3) is 77.4 Å². The van der Waals surface area contributed by atoms with Crippen molar-refractivity contribution in [3.05, 3.63) is 211 Å². The molecule has 11 rings (SSSR count). The van der Waals surface area contributed by atoms with Crippen molar-refractivity contribution in [2.75, 3.05) is 4.90 Å². The van der Waals surface area contributed by atoms with E-state index in [1.54, 1.807) is 0 Å². The molecule has 10 aromatic rings. The van der Waals surface area contributed by atoms with Gasteiger partial charge in [-0.1, -0.05) is 146 Å². The van der Waals surface area contributed by atoms with E-state index < -0.39 is 0 Å². The molecule has 2 nitrogen and oxygen atoms in total. The third kappa shape index (κ3) is 5.33. The highest BCUT2D eigenvalue weighted by molar-refractivity contribution is 6.16. The predicted molar refractivity (Wildman–Crippen MR) is 239 cm³/mol. The molecule has 0 radical (unpaired) electrons. The molecule has 0 saturated carbocycles. The van der Waals surface area contributed by atoms with Gasteiger partial charge in [0.1, 0.15) is 0 Å². The summed E-state index contributed by atoms with van der Waals surface area (Å²) in [5.74, 6) is 0. The summed E-state index contributed by atoms with van der Waals surface area (Å²) in [7, 11) is 0. The molecular weight excluding hydrogens is 677 g/mol. The first-order chi connectivity index (χ1) is 27.8. The number of anilines is 3. The molecule has 0 atom stereocenters.